The lowest BCUT2D eigenvalue weighted by atomic mass is 10.2. The van der Waals surface area contributed by atoms with Crippen LogP contribution in [0.5, 0.6) is 5.75 Å². The average Bonchev–Trinajstić information content (AvgIpc) is 2.79. The molecule has 8 heteroatoms. The first kappa shape index (κ1) is 23.5. The van der Waals surface area contributed by atoms with Crippen LogP contribution in [0.15, 0.2) is 75.0 Å². The molecule has 0 aliphatic rings. The van der Waals surface area contributed by atoms with Crippen LogP contribution in [-0.4, -0.2) is 15.9 Å². The van der Waals surface area contributed by atoms with Gasteiger partial charge in [0.2, 0.25) is 0 Å². The third-order valence-corrected chi connectivity index (χ3v) is 6.02. The molecule has 0 spiro atoms. The van der Waals surface area contributed by atoms with Gasteiger partial charge in [-0.2, -0.15) is 9.78 Å². The normalized spacial score (nSPS) is 11.4. The van der Waals surface area contributed by atoms with Gasteiger partial charge in [-0.15, -0.1) is 0 Å². The smallest absolute Gasteiger partial charge is 0.282 e. The molecule has 4 rings (SSSR count). The van der Waals surface area contributed by atoms with Crippen molar-refractivity contribution in [2.75, 3.05) is 0 Å². The molecular weight excluding hydrogens is 525 g/mol. The predicted molar refractivity (Wildman–Crippen MR) is 138 cm³/mol. The Kier molecular flexibility index (Phi) is 7.48. The number of benzene rings is 3. The molecule has 168 valence electrons. The van der Waals surface area contributed by atoms with E-state index in [2.05, 4.69) is 26.0 Å². The number of fused-ring (bicyclic) bond motifs is 1. The van der Waals surface area contributed by atoms with Crippen molar-refractivity contribution in [3.05, 3.63) is 102 Å². The zero-order chi connectivity index (χ0) is 23.4. The minimum Gasteiger partial charge on any atom is -0.489 e. The number of hydrogen-bond donors (Lipinski definition) is 0. The van der Waals surface area contributed by atoms with E-state index in [0.717, 1.165) is 22.0 Å². The van der Waals surface area contributed by atoms with Gasteiger partial charge in [-0.05, 0) is 54.4 Å². The lowest BCUT2D eigenvalue weighted by Crippen LogP contribution is -2.22. The Morgan fingerprint density at radius 1 is 1.12 bits per heavy atom. The van der Waals surface area contributed by atoms with Crippen LogP contribution in [0.4, 0.5) is 0 Å². The van der Waals surface area contributed by atoms with Gasteiger partial charge in [-0.1, -0.05) is 64.3 Å². The van der Waals surface area contributed by atoms with E-state index in [4.69, 9.17) is 27.9 Å². The second kappa shape index (κ2) is 10.5. The van der Waals surface area contributed by atoms with Gasteiger partial charge in [0.25, 0.3) is 5.56 Å². The summed E-state index contributed by atoms with van der Waals surface area (Å²) in [7, 11) is 0. The summed E-state index contributed by atoms with van der Waals surface area (Å²) in [4.78, 5) is 17.8. The van der Waals surface area contributed by atoms with Crippen molar-refractivity contribution in [1.82, 2.24) is 9.66 Å². The van der Waals surface area contributed by atoms with E-state index in [1.54, 1.807) is 24.4 Å². The molecule has 1 aromatic heterocycles. The molecule has 33 heavy (non-hydrogen) atoms. The fourth-order valence-corrected chi connectivity index (χ4v) is 4.13. The topological polar surface area (TPSA) is 56.5 Å². The highest BCUT2D eigenvalue weighted by Crippen LogP contribution is 2.23. The summed E-state index contributed by atoms with van der Waals surface area (Å²) in [5, 5.41) is 6.11. The van der Waals surface area contributed by atoms with Gasteiger partial charge >= 0.3 is 0 Å². The molecule has 0 atom stereocenters. The number of nitrogens with zero attached hydrogens (tertiary/aromatic N) is 3. The van der Waals surface area contributed by atoms with Crippen molar-refractivity contribution in [2.24, 2.45) is 5.10 Å². The van der Waals surface area contributed by atoms with Crippen molar-refractivity contribution < 1.29 is 4.74 Å². The van der Waals surface area contributed by atoms with Crippen molar-refractivity contribution in [3.8, 4) is 5.75 Å². The van der Waals surface area contributed by atoms with Crippen LogP contribution in [-0.2, 0) is 13.0 Å². The average molecular weight is 545 g/mol. The van der Waals surface area contributed by atoms with E-state index >= 15 is 0 Å². The van der Waals surface area contributed by atoms with Gasteiger partial charge in [-0.3, -0.25) is 4.79 Å². The van der Waals surface area contributed by atoms with Crippen LogP contribution in [0.25, 0.3) is 10.9 Å². The Balaban J connectivity index is 1.60. The van der Waals surface area contributed by atoms with Crippen LogP contribution in [0.2, 0.25) is 10.0 Å². The summed E-state index contributed by atoms with van der Waals surface area (Å²) in [5.41, 5.74) is 2.09. The van der Waals surface area contributed by atoms with Crippen molar-refractivity contribution in [1.29, 1.82) is 0 Å². The van der Waals surface area contributed by atoms with Crippen molar-refractivity contribution in [3.63, 3.8) is 0 Å². The molecule has 4 aromatic rings. The molecule has 0 saturated carbocycles. The van der Waals surface area contributed by atoms with E-state index in [-0.39, 0.29) is 5.56 Å². The highest BCUT2D eigenvalue weighted by molar-refractivity contribution is 9.10. The minimum absolute atomic E-state index is 0.203. The predicted octanol–water partition coefficient (Wildman–Crippen LogP) is 6.88. The second-order valence-corrected chi connectivity index (χ2v) is 9.16. The Morgan fingerprint density at radius 2 is 1.97 bits per heavy atom. The first-order valence-electron chi connectivity index (χ1n) is 10.4. The molecular formula is C25H20BrCl2N3O2. The number of halogens is 3. The van der Waals surface area contributed by atoms with Crippen LogP contribution >= 0.6 is 39.1 Å². The third kappa shape index (κ3) is 5.64. The quantitative estimate of drug-likeness (QED) is 0.238. The zero-order valence-corrected chi connectivity index (χ0v) is 20.9. The standard InChI is InChI=1S/C25H20BrCl2N3O2/c1-2-4-24-30-23-10-8-18(26)12-21(23)25(32)31(24)29-14-16-5-3-6-20(11-16)33-15-17-7-9-19(27)13-22(17)28/h3,5-14H,2,4,15H2,1H3. The van der Waals surface area contributed by atoms with Crippen LogP contribution < -0.4 is 10.3 Å². The summed E-state index contributed by atoms with van der Waals surface area (Å²) >= 11 is 15.6. The maximum Gasteiger partial charge on any atom is 0.282 e. The summed E-state index contributed by atoms with van der Waals surface area (Å²) in [5.74, 6) is 1.28. The molecule has 0 radical (unpaired) electrons. The molecule has 0 amide bonds. The minimum atomic E-state index is -0.203. The lowest BCUT2D eigenvalue weighted by Gasteiger charge is -2.10. The monoisotopic (exact) mass is 543 g/mol. The van der Waals surface area contributed by atoms with E-state index < -0.39 is 0 Å². The Bertz CT molecular complexity index is 1400. The van der Waals surface area contributed by atoms with Crippen LogP contribution in [0.1, 0.15) is 30.3 Å². The number of aromatic nitrogens is 2. The Labute approximate surface area is 209 Å². The van der Waals surface area contributed by atoms with Crippen molar-refractivity contribution >= 4 is 56.2 Å². The molecule has 0 N–H and O–H groups in total. The maximum atomic E-state index is 13.1. The van der Waals surface area contributed by atoms with Gasteiger partial charge in [0.05, 0.1) is 17.1 Å². The summed E-state index contributed by atoms with van der Waals surface area (Å²) in [6.45, 7) is 2.35. The van der Waals surface area contributed by atoms with E-state index in [1.165, 1.54) is 4.68 Å². The molecule has 0 aliphatic carbocycles. The van der Waals surface area contributed by atoms with Gasteiger partial charge in [-0.25, -0.2) is 4.98 Å². The largest absolute Gasteiger partial charge is 0.489 e. The lowest BCUT2D eigenvalue weighted by molar-refractivity contribution is 0.306. The molecule has 0 saturated heterocycles. The van der Waals surface area contributed by atoms with Gasteiger partial charge in [0.1, 0.15) is 18.2 Å². The Morgan fingerprint density at radius 3 is 2.76 bits per heavy atom. The molecule has 5 nitrogen and oxygen atoms in total. The summed E-state index contributed by atoms with van der Waals surface area (Å²) in [6, 6.07) is 18.2. The summed E-state index contributed by atoms with van der Waals surface area (Å²) < 4.78 is 8.08. The molecule has 3 aromatic carbocycles. The zero-order valence-electron chi connectivity index (χ0n) is 17.8. The number of hydrogen-bond acceptors (Lipinski definition) is 4. The van der Waals surface area contributed by atoms with E-state index in [9.17, 15) is 4.79 Å². The van der Waals surface area contributed by atoms with E-state index in [1.807, 2.05) is 49.4 Å². The Hall–Kier alpha value is -2.67. The second-order valence-electron chi connectivity index (χ2n) is 7.40. The first-order valence-corrected chi connectivity index (χ1v) is 11.9. The fraction of sp³-hybridized carbons (Fsp3) is 0.160. The maximum absolute atomic E-state index is 13.1. The SMILES string of the molecule is CCCc1nc2ccc(Br)cc2c(=O)n1N=Cc1cccc(OCc2ccc(Cl)cc2Cl)c1. The van der Waals surface area contributed by atoms with E-state index in [0.29, 0.717) is 45.5 Å². The summed E-state index contributed by atoms with van der Waals surface area (Å²) in [6.07, 6.45) is 3.12. The molecule has 1 heterocycles. The van der Waals surface area contributed by atoms with Gasteiger partial charge < -0.3 is 4.74 Å². The highest BCUT2D eigenvalue weighted by atomic mass is 79.9. The van der Waals surface area contributed by atoms with Gasteiger partial charge in [0, 0.05) is 26.5 Å². The number of rotatable bonds is 7. The fourth-order valence-electron chi connectivity index (χ4n) is 3.31. The first-order chi connectivity index (χ1) is 15.9. The number of aryl methyl sites for hydroxylation is 1. The molecule has 0 unspecified atom stereocenters. The third-order valence-electron chi connectivity index (χ3n) is 4.94. The highest BCUT2D eigenvalue weighted by Gasteiger charge is 2.10. The number of ether oxygens (including phenoxy) is 1. The molecule has 0 aliphatic heterocycles. The van der Waals surface area contributed by atoms with Crippen LogP contribution in [0.3, 0.4) is 0 Å². The molecule has 0 fully saturated rings. The molecule has 0 bridgehead atoms. The van der Waals surface area contributed by atoms with Gasteiger partial charge in [0.15, 0.2) is 0 Å². The van der Waals surface area contributed by atoms with Crippen LogP contribution in [0, 0.1) is 0 Å². The van der Waals surface area contributed by atoms with Crippen molar-refractivity contribution in [2.45, 2.75) is 26.4 Å².